The van der Waals surface area contributed by atoms with Gasteiger partial charge in [0, 0.05) is 49.0 Å². The van der Waals surface area contributed by atoms with Crippen molar-refractivity contribution in [3.63, 3.8) is 0 Å². The highest BCUT2D eigenvalue weighted by Crippen LogP contribution is 2.33. The Hall–Kier alpha value is -3.79. The normalized spacial score (nSPS) is 15.9. The molecule has 1 atom stereocenters. The van der Waals surface area contributed by atoms with Gasteiger partial charge in [-0.15, -0.1) is 0 Å². The molecule has 1 N–H and O–H groups in total. The van der Waals surface area contributed by atoms with Gasteiger partial charge in [-0.2, -0.15) is 5.10 Å². The average Bonchev–Trinajstić information content (AvgIpc) is 3.59. The predicted octanol–water partition coefficient (Wildman–Crippen LogP) is 4.07. The van der Waals surface area contributed by atoms with Gasteiger partial charge < -0.3 is 18.9 Å². The van der Waals surface area contributed by atoms with E-state index in [0.717, 1.165) is 19.4 Å². The summed E-state index contributed by atoms with van der Waals surface area (Å²) in [6, 6.07) is 8.32. The number of nitrogens with one attached hydrogen (secondary N) is 1. The van der Waals surface area contributed by atoms with Gasteiger partial charge in [-0.25, -0.2) is 4.39 Å². The summed E-state index contributed by atoms with van der Waals surface area (Å²) >= 11 is 0. The monoisotopic (exact) mass is 465 g/mol. The van der Waals surface area contributed by atoms with Crippen molar-refractivity contribution in [3.05, 3.63) is 48.0 Å². The Morgan fingerprint density at radius 2 is 2.18 bits per heavy atom. The summed E-state index contributed by atoms with van der Waals surface area (Å²) in [5.74, 6) is -0.0856. The molecule has 1 aliphatic rings. The van der Waals surface area contributed by atoms with E-state index < -0.39 is 5.82 Å². The van der Waals surface area contributed by atoms with Crippen molar-refractivity contribution in [2.24, 2.45) is 0 Å². The first-order valence-corrected chi connectivity index (χ1v) is 11.1. The Kier molecular flexibility index (Phi) is 5.97. The van der Waals surface area contributed by atoms with Crippen LogP contribution in [0.15, 0.2) is 41.1 Å². The first-order chi connectivity index (χ1) is 16.5. The highest BCUT2D eigenvalue weighted by atomic mass is 19.1. The molecule has 176 valence electrons. The number of methoxy groups -OCH3 is 1. The number of hydrogen-bond donors (Lipinski definition) is 1. The van der Waals surface area contributed by atoms with Crippen molar-refractivity contribution >= 4 is 16.8 Å². The van der Waals surface area contributed by atoms with Gasteiger partial charge in [0.15, 0.2) is 17.3 Å². The van der Waals surface area contributed by atoms with Crippen LogP contribution >= 0.6 is 0 Å². The summed E-state index contributed by atoms with van der Waals surface area (Å²) in [6.07, 6.45) is 3.63. The number of carbonyl (C=O) groups excluding carboxylic acids is 1. The van der Waals surface area contributed by atoms with E-state index >= 15 is 0 Å². The first kappa shape index (κ1) is 22.0. The van der Waals surface area contributed by atoms with Crippen LogP contribution in [0.5, 0.6) is 5.75 Å². The molecule has 1 aliphatic heterocycles. The van der Waals surface area contributed by atoms with E-state index in [9.17, 15) is 9.18 Å². The largest absolute Gasteiger partial charge is 0.488 e. The highest BCUT2D eigenvalue weighted by molar-refractivity contribution is 5.94. The van der Waals surface area contributed by atoms with Crippen molar-refractivity contribution in [1.82, 2.24) is 25.2 Å². The quantitative estimate of drug-likeness (QED) is 0.410. The lowest BCUT2D eigenvalue weighted by molar-refractivity contribution is 0.0741. The Morgan fingerprint density at radius 1 is 1.29 bits per heavy atom. The van der Waals surface area contributed by atoms with Gasteiger partial charge in [0.2, 0.25) is 0 Å². The number of likely N-dealkylation sites (tertiary alicyclic amines) is 1. The average molecular weight is 465 g/mol. The molecule has 0 unspecified atom stereocenters. The molecule has 1 amide bonds. The summed E-state index contributed by atoms with van der Waals surface area (Å²) in [4.78, 5) is 18.9. The molecule has 4 aromatic rings. The van der Waals surface area contributed by atoms with E-state index in [1.807, 2.05) is 4.90 Å². The van der Waals surface area contributed by atoms with Crippen LogP contribution in [-0.2, 0) is 4.74 Å². The predicted molar refractivity (Wildman–Crippen MR) is 122 cm³/mol. The van der Waals surface area contributed by atoms with Crippen molar-refractivity contribution in [2.75, 3.05) is 26.9 Å². The van der Waals surface area contributed by atoms with Gasteiger partial charge >= 0.3 is 0 Å². The molecule has 0 radical (unpaired) electrons. The summed E-state index contributed by atoms with van der Waals surface area (Å²) < 4.78 is 30.4. The molecule has 10 heteroatoms. The molecule has 0 bridgehead atoms. The van der Waals surface area contributed by atoms with Crippen LogP contribution in [0.25, 0.3) is 33.6 Å². The summed E-state index contributed by atoms with van der Waals surface area (Å²) in [6.45, 7) is 3.40. The number of halogens is 1. The highest BCUT2D eigenvalue weighted by Gasteiger charge is 2.27. The van der Waals surface area contributed by atoms with Gasteiger partial charge in [-0.1, -0.05) is 5.16 Å². The minimum absolute atomic E-state index is 0.0621. The standard InChI is InChI=1S/C24H24FN5O4/c1-14-4-3-7-30(14)24(31)18-6-5-15(13-26-18)19-11-22(34-29-19)23-16-10-17(25)21(33-9-8-32-2)12-20(16)27-28-23/h5-6,10-14H,3-4,7-9H2,1-2H3,(H,27,28)/t14-/m1/s1. The van der Waals surface area contributed by atoms with E-state index in [0.29, 0.717) is 45.9 Å². The first-order valence-electron chi connectivity index (χ1n) is 11.1. The third-order valence-electron chi connectivity index (χ3n) is 6.00. The number of amides is 1. The molecule has 3 aromatic heterocycles. The Morgan fingerprint density at radius 3 is 2.91 bits per heavy atom. The number of fused-ring (bicyclic) bond motifs is 1. The Balaban J connectivity index is 1.36. The third-order valence-corrected chi connectivity index (χ3v) is 6.00. The molecule has 1 fully saturated rings. The number of hydrogen-bond acceptors (Lipinski definition) is 7. The fourth-order valence-corrected chi connectivity index (χ4v) is 4.13. The maximum absolute atomic E-state index is 14.5. The van der Waals surface area contributed by atoms with E-state index in [2.05, 4.69) is 27.3 Å². The lowest BCUT2D eigenvalue weighted by Crippen LogP contribution is -2.34. The fraction of sp³-hybridized carbons (Fsp3) is 0.333. The number of nitrogens with zero attached hydrogens (tertiary/aromatic N) is 4. The van der Waals surface area contributed by atoms with Crippen molar-refractivity contribution in [2.45, 2.75) is 25.8 Å². The van der Waals surface area contributed by atoms with Crippen LogP contribution in [0.3, 0.4) is 0 Å². The molecular formula is C24H24FN5O4. The SMILES string of the molecule is COCCOc1cc2[nH]nc(-c3cc(-c4ccc(C(=O)N5CCC[C@H]5C)nc4)no3)c2cc1F. The molecule has 0 aliphatic carbocycles. The van der Waals surface area contributed by atoms with Gasteiger partial charge in [0.1, 0.15) is 23.7 Å². The number of benzene rings is 1. The number of rotatable bonds is 7. The van der Waals surface area contributed by atoms with Crippen molar-refractivity contribution in [3.8, 4) is 28.5 Å². The molecule has 0 saturated carbocycles. The van der Waals surface area contributed by atoms with E-state index in [4.69, 9.17) is 14.0 Å². The van der Waals surface area contributed by atoms with Crippen LogP contribution in [0.1, 0.15) is 30.3 Å². The number of pyridine rings is 1. The number of ether oxygens (including phenoxy) is 2. The number of carbonyl (C=O) groups is 1. The third kappa shape index (κ3) is 4.12. The summed E-state index contributed by atoms with van der Waals surface area (Å²) in [7, 11) is 1.55. The van der Waals surface area contributed by atoms with Gasteiger partial charge in [0.05, 0.1) is 12.1 Å². The molecule has 34 heavy (non-hydrogen) atoms. The zero-order chi connectivity index (χ0) is 23.7. The number of H-pyrrole nitrogens is 1. The van der Waals surface area contributed by atoms with Crippen LogP contribution in [0.2, 0.25) is 0 Å². The second kappa shape index (κ2) is 9.22. The minimum atomic E-state index is -0.511. The lowest BCUT2D eigenvalue weighted by atomic mass is 10.1. The minimum Gasteiger partial charge on any atom is -0.488 e. The molecule has 1 saturated heterocycles. The smallest absolute Gasteiger partial charge is 0.272 e. The van der Waals surface area contributed by atoms with Gasteiger partial charge in [-0.3, -0.25) is 14.9 Å². The molecule has 4 heterocycles. The second-order valence-electron chi connectivity index (χ2n) is 8.24. The summed E-state index contributed by atoms with van der Waals surface area (Å²) in [5.41, 5.74) is 2.66. The molecule has 0 spiro atoms. The van der Waals surface area contributed by atoms with Crippen LogP contribution in [0, 0.1) is 5.82 Å². The second-order valence-corrected chi connectivity index (χ2v) is 8.24. The number of aromatic amines is 1. The molecular weight excluding hydrogens is 441 g/mol. The van der Waals surface area contributed by atoms with Crippen molar-refractivity contribution in [1.29, 1.82) is 0 Å². The molecule has 1 aromatic carbocycles. The van der Waals surface area contributed by atoms with Gasteiger partial charge in [0.25, 0.3) is 5.91 Å². The Bertz CT molecular complexity index is 1320. The van der Waals surface area contributed by atoms with Gasteiger partial charge in [-0.05, 0) is 38.0 Å². The fourth-order valence-electron chi connectivity index (χ4n) is 4.13. The molecule has 5 rings (SSSR count). The topological polar surface area (TPSA) is 106 Å². The summed E-state index contributed by atoms with van der Waals surface area (Å²) in [5, 5.41) is 11.8. The maximum atomic E-state index is 14.5. The van der Waals surface area contributed by atoms with Crippen molar-refractivity contribution < 1.29 is 23.2 Å². The van der Waals surface area contributed by atoms with E-state index in [1.54, 1.807) is 37.6 Å². The lowest BCUT2D eigenvalue weighted by Gasteiger charge is -2.20. The maximum Gasteiger partial charge on any atom is 0.272 e. The van der Waals surface area contributed by atoms with E-state index in [1.165, 1.54) is 6.07 Å². The van der Waals surface area contributed by atoms with Crippen LogP contribution in [0.4, 0.5) is 4.39 Å². The zero-order valence-electron chi connectivity index (χ0n) is 18.9. The zero-order valence-corrected chi connectivity index (χ0v) is 18.9. The molecule has 9 nitrogen and oxygen atoms in total. The van der Waals surface area contributed by atoms with Crippen LogP contribution in [-0.4, -0.2) is 64.1 Å². The van der Waals surface area contributed by atoms with Crippen LogP contribution < -0.4 is 4.74 Å². The number of aromatic nitrogens is 4. The Labute approximate surface area is 194 Å². The van der Waals surface area contributed by atoms with E-state index in [-0.39, 0.29) is 24.3 Å².